The van der Waals surface area contributed by atoms with E-state index < -0.39 is 0 Å². The van der Waals surface area contributed by atoms with Crippen LogP contribution in [0.2, 0.25) is 0 Å². The number of hydrogen-bond acceptors (Lipinski definition) is 2. The Morgan fingerprint density at radius 2 is 1.94 bits per heavy atom. The van der Waals surface area contributed by atoms with Crippen LogP contribution in [0, 0.1) is 11.8 Å². The largest absolute Gasteiger partial charge is 0.344 e. The molecule has 1 aliphatic carbocycles. The van der Waals surface area contributed by atoms with E-state index in [1.807, 2.05) is 4.90 Å². The van der Waals surface area contributed by atoms with E-state index in [4.69, 9.17) is 0 Å². The predicted molar refractivity (Wildman–Crippen MR) is 69.9 cm³/mol. The standard InChI is InChI=1S/C14H24N2O2/c1-9(2)8-10(3)16-7-6-12(17)15-13(14(16)18)11-4-5-11/h9-11,13H,4-8H2,1-3H3,(H,15,17). The second-order valence-electron chi connectivity index (χ2n) is 6.14. The highest BCUT2D eigenvalue weighted by molar-refractivity contribution is 5.90. The molecule has 2 aliphatic rings. The summed E-state index contributed by atoms with van der Waals surface area (Å²) in [5.41, 5.74) is 0. The molecular formula is C14H24N2O2. The second kappa shape index (κ2) is 5.29. The summed E-state index contributed by atoms with van der Waals surface area (Å²) in [4.78, 5) is 26.1. The molecule has 0 radical (unpaired) electrons. The summed E-state index contributed by atoms with van der Waals surface area (Å²) in [6, 6.07) is -0.0268. The lowest BCUT2D eigenvalue weighted by atomic mass is 10.0. The maximum absolute atomic E-state index is 12.5. The van der Waals surface area contributed by atoms with Crippen LogP contribution in [0.25, 0.3) is 0 Å². The molecule has 1 saturated heterocycles. The number of carbonyl (C=O) groups is 2. The Morgan fingerprint density at radius 1 is 1.28 bits per heavy atom. The summed E-state index contributed by atoms with van der Waals surface area (Å²) in [5, 5.41) is 2.90. The molecule has 2 atom stereocenters. The lowest BCUT2D eigenvalue weighted by Gasteiger charge is -2.31. The molecule has 0 aromatic rings. The van der Waals surface area contributed by atoms with Gasteiger partial charge in [-0.25, -0.2) is 0 Å². The Labute approximate surface area is 109 Å². The minimum absolute atomic E-state index is 0.0273. The Hall–Kier alpha value is -1.06. The third kappa shape index (κ3) is 3.03. The number of nitrogens with zero attached hydrogens (tertiary/aromatic N) is 1. The molecule has 0 aromatic heterocycles. The van der Waals surface area contributed by atoms with Crippen molar-refractivity contribution in [3.05, 3.63) is 0 Å². The smallest absolute Gasteiger partial charge is 0.245 e. The Bertz CT molecular complexity index is 337. The second-order valence-corrected chi connectivity index (χ2v) is 6.14. The van der Waals surface area contributed by atoms with Gasteiger partial charge in [0.25, 0.3) is 0 Å². The van der Waals surface area contributed by atoms with Gasteiger partial charge in [0, 0.05) is 19.0 Å². The minimum atomic E-state index is -0.255. The van der Waals surface area contributed by atoms with Crippen LogP contribution in [0.5, 0.6) is 0 Å². The molecule has 0 spiro atoms. The van der Waals surface area contributed by atoms with Crippen LogP contribution in [0.3, 0.4) is 0 Å². The lowest BCUT2D eigenvalue weighted by molar-refractivity contribution is -0.136. The van der Waals surface area contributed by atoms with E-state index in [1.54, 1.807) is 0 Å². The van der Waals surface area contributed by atoms with Crippen LogP contribution >= 0.6 is 0 Å². The molecule has 1 heterocycles. The molecule has 102 valence electrons. The molecule has 2 unspecified atom stereocenters. The van der Waals surface area contributed by atoms with Crippen LogP contribution < -0.4 is 5.32 Å². The highest BCUT2D eigenvalue weighted by atomic mass is 16.2. The van der Waals surface area contributed by atoms with Gasteiger partial charge in [0.05, 0.1) is 0 Å². The van der Waals surface area contributed by atoms with Crippen molar-refractivity contribution in [2.45, 2.75) is 58.5 Å². The first-order valence-electron chi connectivity index (χ1n) is 7.09. The van der Waals surface area contributed by atoms with E-state index in [2.05, 4.69) is 26.1 Å². The number of rotatable bonds is 4. The Kier molecular flexibility index (Phi) is 3.93. The van der Waals surface area contributed by atoms with Gasteiger partial charge < -0.3 is 10.2 Å². The normalized spacial score (nSPS) is 27.1. The average molecular weight is 252 g/mol. The van der Waals surface area contributed by atoms with Crippen molar-refractivity contribution in [1.29, 1.82) is 0 Å². The van der Waals surface area contributed by atoms with Crippen molar-refractivity contribution in [2.75, 3.05) is 6.54 Å². The molecule has 18 heavy (non-hydrogen) atoms. The summed E-state index contributed by atoms with van der Waals surface area (Å²) in [5.74, 6) is 1.11. The van der Waals surface area contributed by atoms with Gasteiger partial charge in [-0.2, -0.15) is 0 Å². The Balaban J connectivity index is 2.08. The molecule has 0 aromatic carbocycles. The molecule has 2 amide bonds. The van der Waals surface area contributed by atoms with Crippen LogP contribution in [0.4, 0.5) is 0 Å². The van der Waals surface area contributed by atoms with Crippen molar-refractivity contribution in [1.82, 2.24) is 10.2 Å². The first kappa shape index (κ1) is 13.4. The third-order valence-electron chi connectivity index (χ3n) is 3.88. The maximum Gasteiger partial charge on any atom is 0.245 e. The van der Waals surface area contributed by atoms with Crippen LogP contribution in [-0.2, 0) is 9.59 Å². The fourth-order valence-electron chi connectivity index (χ4n) is 2.81. The van der Waals surface area contributed by atoms with E-state index >= 15 is 0 Å². The minimum Gasteiger partial charge on any atom is -0.344 e. The summed E-state index contributed by atoms with van der Waals surface area (Å²) >= 11 is 0. The lowest BCUT2D eigenvalue weighted by Crippen LogP contribution is -2.49. The van der Waals surface area contributed by atoms with Gasteiger partial charge in [-0.15, -0.1) is 0 Å². The molecule has 0 bridgehead atoms. The summed E-state index contributed by atoms with van der Waals surface area (Å²) in [7, 11) is 0. The van der Waals surface area contributed by atoms with E-state index in [9.17, 15) is 9.59 Å². The van der Waals surface area contributed by atoms with Gasteiger partial charge >= 0.3 is 0 Å². The highest BCUT2D eigenvalue weighted by Gasteiger charge is 2.41. The molecule has 1 saturated carbocycles. The van der Waals surface area contributed by atoms with Gasteiger partial charge in [-0.05, 0) is 38.0 Å². The highest BCUT2D eigenvalue weighted by Crippen LogP contribution is 2.34. The zero-order valence-electron chi connectivity index (χ0n) is 11.6. The van der Waals surface area contributed by atoms with E-state index in [1.165, 1.54) is 0 Å². The number of hydrogen-bond donors (Lipinski definition) is 1. The molecule has 1 N–H and O–H groups in total. The summed E-state index contributed by atoms with van der Waals surface area (Å²) in [6.07, 6.45) is 3.58. The topological polar surface area (TPSA) is 49.4 Å². The molecular weight excluding hydrogens is 228 g/mol. The van der Waals surface area contributed by atoms with Gasteiger partial charge in [-0.3, -0.25) is 9.59 Å². The van der Waals surface area contributed by atoms with Crippen LogP contribution in [-0.4, -0.2) is 35.3 Å². The molecule has 4 heteroatoms. The fourth-order valence-corrected chi connectivity index (χ4v) is 2.81. The third-order valence-corrected chi connectivity index (χ3v) is 3.88. The molecule has 1 aliphatic heterocycles. The van der Waals surface area contributed by atoms with Crippen molar-refractivity contribution < 1.29 is 9.59 Å². The number of nitrogens with one attached hydrogen (secondary N) is 1. The molecule has 2 fully saturated rings. The first-order chi connectivity index (χ1) is 8.49. The SMILES string of the molecule is CC(C)CC(C)N1CCC(=O)NC(C2CC2)C1=O. The molecule has 2 rings (SSSR count). The van der Waals surface area contributed by atoms with Gasteiger partial charge in [0.2, 0.25) is 11.8 Å². The van der Waals surface area contributed by atoms with E-state index in [0.717, 1.165) is 19.3 Å². The van der Waals surface area contributed by atoms with Gasteiger partial charge in [0.1, 0.15) is 6.04 Å². The van der Waals surface area contributed by atoms with Crippen LogP contribution in [0.1, 0.15) is 46.5 Å². The fraction of sp³-hybridized carbons (Fsp3) is 0.857. The van der Waals surface area contributed by atoms with Gasteiger partial charge in [0.15, 0.2) is 0 Å². The predicted octanol–water partition coefficient (Wildman–Crippen LogP) is 1.55. The van der Waals surface area contributed by atoms with Crippen LogP contribution in [0.15, 0.2) is 0 Å². The zero-order valence-corrected chi connectivity index (χ0v) is 11.6. The zero-order chi connectivity index (χ0) is 13.3. The monoisotopic (exact) mass is 252 g/mol. The summed E-state index contributed by atoms with van der Waals surface area (Å²) in [6.45, 7) is 7.00. The van der Waals surface area contributed by atoms with E-state index in [0.29, 0.717) is 24.8 Å². The first-order valence-corrected chi connectivity index (χ1v) is 7.09. The maximum atomic E-state index is 12.5. The van der Waals surface area contributed by atoms with Crippen molar-refractivity contribution in [3.63, 3.8) is 0 Å². The van der Waals surface area contributed by atoms with Crippen molar-refractivity contribution in [2.24, 2.45) is 11.8 Å². The number of amides is 2. The van der Waals surface area contributed by atoms with Gasteiger partial charge in [-0.1, -0.05) is 13.8 Å². The van der Waals surface area contributed by atoms with Crippen molar-refractivity contribution >= 4 is 11.8 Å². The van der Waals surface area contributed by atoms with Crippen molar-refractivity contribution in [3.8, 4) is 0 Å². The number of carbonyl (C=O) groups excluding carboxylic acids is 2. The Morgan fingerprint density at radius 3 is 2.50 bits per heavy atom. The average Bonchev–Trinajstić information content (AvgIpc) is 3.07. The summed E-state index contributed by atoms with van der Waals surface area (Å²) < 4.78 is 0. The van der Waals surface area contributed by atoms with E-state index in [-0.39, 0.29) is 23.9 Å². The quantitative estimate of drug-likeness (QED) is 0.825. The molecule has 4 nitrogen and oxygen atoms in total.